The Hall–Kier alpha value is -1.06. The van der Waals surface area contributed by atoms with Crippen LogP contribution in [0.4, 0.5) is 0 Å². The molecule has 3 nitrogen and oxygen atoms in total. The van der Waals surface area contributed by atoms with Crippen LogP contribution in [0.15, 0.2) is 24.3 Å². The third-order valence-electron chi connectivity index (χ3n) is 4.09. The summed E-state index contributed by atoms with van der Waals surface area (Å²) in [6, 6.07) is 8.21. The third kappa shape index (κ3) is 5.01. The molecule has 2 unspecified atom stereocenters. The van der Waals surface area contributed by atoms with E-state index in [-0.39, 0.29) is 5.54 Å². The number of rotatable bonds is 5. The maximum Gasteiger partial charge on any atom is 0.122 e. The molecular weight excluding hydrogens is 262 g/mol. The van der Waals surface area contributed by atoms with E-state index < -0.39 is 5.60 Å². The van der Waals surface area contributed by atoms with Crippen LogP contribution in [-0.2, 0) is 0 Å². The van der Waals surface area contributed by atoms with Crippen molar-refractivity contribution < 1.29 is 9.84 Å². The number of hydrogen-bond donors (Lipinski definition) is 2. The van der Waals surface area contributed by atoms with E-state index in [9.17, 15) is 5.11 Å². The van der Waals surface area contributed by atoms with Gasteiger partial charge in [0.1, 0.15) is 5.75 Å². The Labute approximate surface area is 128 Å². The summed E-state index contributed by atoms with van der Waals surface area (Å²) < 4.78 is 5.70. The second kappa shape index (κ2) is 6.37. The first-order valence-electron chi connectivity index (χ1n) is 7.96. The van der Waals surface area contributed by atoms with Crippen molar-refractivity contribution in [2.45, 2.75) is 64.0 Å². The molecule has 118 valence electrons. The van der Waals surface area contributed by atoms with Crippen LogP contribution in [0.5, 0.6) is 5.75 Å². The first-order valence-corrected chi connectivity index (χ1v) is 7.96. The second-order valence-corrected chi connectivity index (χ2v) is 7.50. The van der Waals surface area contributed by atoms with Crippen LogP contribution in [-0.4, -0.2) is 29.4 Å². The molecule has 0 aromatic heterocycles. The SMILES string of the molecule is CC(O)(CCNC(C)(C)C)CC1CCOc2ccccc21. The van der Waals surface area contributed by atoms with Crippen LogP contribution in [0, 0.1) is 0 Å². The fourth-order valence-corrected chi connectivity index (χ4v) is 2.97. The maximum atomic E-state index is 10.7. The van der Waals surface area contributed by atoms with Crippen molar-refractivity contribution in [3.05, 3.63) is 29.8 Å². The van der Waals surface area contributed by atoms with Crippen LogP contribution >= 0.6 is 0 Å². The molecule has 0 saturated heterocycles. The average molecular weight is 291 g/mol. The van der Waals surface area contributed by atoms with E-state index in [4.69, 9.17) is 4.74 Å². The summed E-state index contributed by atoms with van der Waals surface area (Å²) in [6.45, 7) is 9.98. The standard InChI is InChI=1S/C18H29NO2/c1-17(2,3)19-11-10-18(4,20)13-14-9-12-21-16-8-6-5-7-15(14)16/h5-8,14,19-20H,9-13H2,1-4H3. The number of benzene rings is 1. The molecule has 0 fully saturated rings. The van der Waals surface area contributed by atoms with Crippen LogP contribution in [0.1, 0.15) is 58.4 Å². The van der Waals surface area contributed by atoms with Gasteiger partial charge in [0, 0.05) is 5.54 Å². The molecule has 1 aliphatic rings. The molecule has 2 atom stereocenters. The van der Waals surface area contributed by atoms with Crippen molar-refractivity contribution in [2.24, 2.45) is 0 Å². The molecule has 2 N–H and O–H groups in total. The molecule has 0 radical (unpaired) electrons. The van der Waals surface area contributed by atoms with Gasteiger partial charge in [0.2, 0.25) is 0 Å². The number of fused-ring (bicyclic) bond motifs is 1. The highest BCUT2D eigenvalue weighted by molar-refractivity contribution is 5.37. The Bertz CT molecular complexity index is 463. The van der Waals surface area contributed by atoms with Crippen molar-refractivity contribution >= 4 is 0 Å². The summed E-state index contributed by atoms with van der Waals surface area (Å²) >= 11 is 0. The highest BCUT2D eigenvalue weighted by atomic mass is 16.5. The smallest absolute Gasteiger partial charge is 0.122 e. The van der Waals surface area contributed by atoms with Crippen LogP contribution in [0.3, 0.4) is 0 Å². The van der Waals surface area contributed by atoms with Gasteiger partial charge in [-0.25, -0.2) is 0 Å². The highest BCUT2D eigenvalue weighted by Crippen LogP contribution is 2.38. The van der Waals surface area contributed by atoms with E-state index in [1.54, 1.807) is 0 Å². The molecule has 0 spiro atoms. The second-order valence-electron chi connectivity index (χ2n) is 7.50. The largest absolute Gasteiger partial charge is 0.493 e. The monoisotopic (exact) mass is 291 g/mol. The van der Waals surface area contributed by atoms with Crippen molar-refractivity contribution in [2.75, 3.05) is 13.2 Å². The quantitative estimate of drug-likeness (QED) is 0.873. The zero-order valence-corrected chi connectivity index (χ0v) is 13.8. The zero-order valence-electron chi connectivity index (χ0n) is 13.8. The Kier molecular flexibility index (Phi) is 4.95. The minimum absolute atomic E-state index is 0.0986. The summed E-state index contributed by atoms with van der Waals surface area (Å²) in [4.78, 5) is 0. The fraction of sp³-hybridized carbons (Fsp3) is 0.667. The first-order chi connectivity index (χ1) is 9.77. The number of nitrogens with one attached hydrogen (secondary N) is 1. The molecule has 3 heteroatoms. The summed E-state index contributed by atoms with van der Waals surface area (Å²) in [5.41, 5.74) is 0.696. The molecule has 1 aromatic rings. The Balaban J connectivity index is 1.94. The lowest BCUT2D eigenvalue weighted by Gasteiger charge is -2.33. The van der Waals surface area contributed by atoms with Gasteiger partial charge in [-0.3, -0.25) is 0 Å². The Morgan fingerprint density at radius 3 is 2.67 bits per heavy atom. The van der Waals surface area contributed by atoms with Crippen LogP contribution in [0.25, 0.3) is 0 Å². The Morgan fingerprint density at radius 1 is 1.24 bits per heavy atom. The van der Waals surface area contributed by atoms with E-state index in [1.165, 1.54) is 5.56 Å². The molecule has 0 bridgehead atoms. The zero-order chi connectivity index (χ0) is 15.5. The Morgan fingerprint density at radius 2 is 1.95 bits per heavy atom. The lowest BCUT2D eigenvalue weighted by atomic mass is 9.82. The van der Waals surface area contributed by atoms with Crippen molar-refractivity contribution in [3.8, 4) is 5.75 Å². The minimum atomic E-state index is -0.645. The third-order valence-corrected chi connectivity index (χ3v) is 4.09. The molecule has 1 heterocycles. The predicted molar refractivity (Wildman–Crippen MR) is 86.9 cm³/mol. The van der Waals surface area contributed by atoms with E-state index in [0.29, 0.717) is 5.92 Å². The molecule has 0 aliphatic carbocycles. The van der Waals surface area contributed by atoms with Gasteiger partial charge in [0.15, 0.2) is 0 Å². The molecule has 1 aliphatic heterocycles. The first kappa shape index (κ1) is 16.3. The van der Waals surface area contributed by atoms with E-state index in [2.05, 4.69) is 38.2 Å². The fourth-order valence-electron chi connectivity index (χ4n) is 2.97. The van der Waals surface area contributed by atoms with Gasteiger partial charge in [0.05, 0.1) is 12.2 Å². The summed E-state index contributed by atoms with van der Waals surface area (Å²) in [5.74, 6) is 1.37. The van der Waals surface area contributed by atoms with Crippen molar-refractivity contribution in [1.82, 2.24) is 5.32 Å². The van der Waals surface area contributed by atoms with E-state index in [1.807, 2.05) is 19.1 Å². The molecule has 1 aromatic carbocycles. The predicted octanol–water partition coefficient (Wildman–Crippen LogP) is 3.47. The molecular formula is C18H29NO2. The number of hydrogen-bond acceptors (Lipinski definition) is 3. The van der Waals surface area contributed by atoms with E-state index in [0.717, 1.165) is 38.2 Å². The van der Waals surface area contributed by atoms with Gasteiger partial charge in [-0.1, -0.05) is 18.2 Å². The molecule has 0 amide bonds. The molecule has 21 heavy (non-hydrogen) atoms. The lowest BCUT2D eigenvalue weighted by molar-refractivity contribution is 0.0294. The topological polar surface area (TPSA) is 41.5 Å². The summed E-state index contributed by atoms with van der Waals surface area (Å²) in [7, 11) is 0. The van der Waals surface area contributed by atoms with E-state index >= 15 is 0 Å². The van der Waals surface area contributed by atoms with Gasteiger partial charge in [-0.05, 0) is 71.0 Å². The number of aliphatic hydroxyl groups is 1. The van der Waals surface area contributed by atoms with Gasteiger partial charge in [-0.15, -0.1) is 0 Å². The van der Waals surface area contributed by atoms with Gasteiger partial charge in [-0.2, -0.15) is 0 Å². The summed E-state index contributed by atoms with van der Waals surface area (Å²) in [5, 5.41) is 14.2. The number of para-hydroxylation sites is 1. The normalized spacial score (nSPS) is 21.3. The average Bonchev–Trinajstić information content (AvgIpc) is 2.37. The molecule has 0 saturated carbocycles. The minimum Gasteiger partial charge on any atom is -0.493 e. The lowest BCUT2D eigenvalue weighted by Crippen LogP contribution is -2.40. The van der Waals surface area contributed by atoms with Gasteiger partial charge < -0.3 is 15.2 Å². The van der Waals surface area contributed by atoms with Gasteiger partial charge >= 0.3 is 0 Å². The highest BCUT2D eigenvalue weighted by Gasteiger charge is 2.30. The number of ether oxygens (including phenoxy) is 1. The van der Waals surface area contributed by atoms with Crippen LogP contribution in [0.2, 0.25) is 0 Å². The van der Waals surface area contributed by atoms with Crippen molar-refractivity contribution in [3.63, 3.8) is 0 Å². The van der Waals surface area contributed by atoms with Crippen molar-refractivity contribution in [1.29, 1.82) is 0 Å². The molecule has 2 rings (SSSR count). The maximum absolute atomic E-state index is 10.7. The summed E-state index contributed by atoms with van der Waals surface area (Å²) in [6.07, 6.45) is 2.54. The van der Waals surface area contributed by atoms with Gasteiger partial charge in [0.25, 0.3) is 0 Å². The van der Waals surface area contributed by atoms with Crippen LogP contribution < -0.4 is 10.1 Å².